The average Bonchev–Trinajstić information content (AvgIpc) is 2.79. The number of likely N-dealkylation sites (N-methyl/N-ethyl adjacent to an activating group) is 1. The van der Waals surface area contributed by atoms with E-state index in [4.69, 9.17) is 9.47 Å². The van der Waals surface area contributed by atoms with E-state index in [9.17, 15) is 4.79 Å². The maximum Gasteiger partial charge on any atom is 0.415 e. The Kier molecular flexibility index (Phi) is 11.9. The van der Waals surface area contributed by atoms with Crippen molar-refractivity contribution in [3.63, 3.8) is 0 Å². The van der Waals surface area contributed by atoms with Gasteiger partial charge >= 0.3 is 6.09 Å². The molecule has 0 saturated carbocycles. The first-order valence-corrected chi connectivity index (χ1v) is 13.5. The molecule has 0 N–H and O–H groups in total. The number of ether oxygens (including phenoxy) is 2. The molecule has 1 aromatic rings. The maximum atomic E-state index is 12.9. The SMILES string of the molecule is CCC.CCCCCc1cc(OC(=O)N2CCN(C)CC2)c2c(c1)OC(C)(CCC=C(C)C)C=C2. The fourth-order valence-corrected chi connectivity index (χ4v) is 4.19. The first kappa shape index (κ1) is 29.0. The maximum absolute atomic E-state index is 12.9. The number of allylic oxidation sites excluding steroid dienone is 2. The van der Waals surface area contributed by atoms with Crippen LogP contribution < -0.4 is 9.47 Å². The molecule has 1 saturated heterocycles. The molecule has 2 aliphatic rings. The van der Waals surface area contributed by atoms with Crippen LogP contribution in [0.5, 0.6) is 11.5 Å². The van der Waals surface area contributed by atoms with E-state index in [1.165, 1.54) is 30.4 Å². The van der Waals surface area contributed by atoms with Gasteiger partial charge in [-0.25, -0.2) is 4.79 Å². The molecule has 5 nitrogen and oxygen atoms in total. The van der Waals surface area contributed by atoms with Crippen LogP contribution in [0.3, 0.4) is 0 Å². The van der Waals surface area contributed by atoms with Crippen molar-refractivity contribution in [2.45, 2.75) is 92.1 Å². The van der Waals surface area contributed by atoms with Crippen molar-refractivity contribution >= 4 is 12.2 Å². The van der Waals surface area contributed by atoms with Crippen molar-refractivity contribution in [3.8, 4) is 11.5 Å². The van der Waals surface area contributed by atoms with Crippen molar-refractivity contribution in [1.29, 1.82) is 0 Å². The Labute approximate surface area is 214 Å². The van der Waals surface area contributed by atoms with Crippen LogP contribution >= 0.6 is 0 Å². The van der Waals surface area contributed by atoms with Crippen LogP contribution in [0.1, 0.15) is 91.2 Å². The van der Waals surface area contributed by atoms with E-state index in [0.717, 1.165) is 50.1 Å². The van der Waals surface area contributed by atoms with Gasteiger partial charge in [0.25, 0.3) is 0 Å². The van der Waals surface area contributed by atoms with Crippen molar-refractivity contribution in [2.75, 3.05) is 33.2 Å². The lowest BCUT2D eigenvalue weighted by atomic mass is 9.93. The molecule has 3 rings (SSSR count). The summed E-state index contributed by atoms with van der Waals surface area (Å²) in [5.74, 6) is 1.43. The number of benzene rings is 1. The summed E-state index contributed by atoms with van der Waals surface area (Å²) in [6, 6.07) is 4.17. The highest BCUT2D eigenvalue weighted by Crippen LogP contribution is 2.40. The number of carbonyl (C=O) groups is 1. The van der Waals surface area contributed by atoms with Gasteiger partial charge in [-0.3, -0.25) is 0 Å². The lowest BCUT2D eigenvalue weighted by Crippen LogP contribution is -2.48. The van der Waals surface area contributed by atoms with Gasteiger partial charge in [0.15, 0.2) is 0 Å². The predicted molar refractivity (Wildman–Crippen MR) is 147 cm³/mol. The summed E-state index contributed by atoms with van der Waals surface area (Å²) in [5, 5.41) is 0. The summed E-state index contributed by atoms with van der Waals surface area (Å²) in [6.45, 7) is 16.0. The Bertz CT molecular complexity index is 865. The number of amides is 1. The summed E-state index contributed by atoms with van der Waals surface area (Å²) in [4.78, 5) is 16.9. The number of rotatable bonds is 8. The largest absolute Gasteiger partial charge is 0.483 e. The first-order chi connectivity index (χ1) is 16.7. The zero-order valence-electron chi connectivity index (χ0n) is 23.3. The van der Waals surface area contributed by atoms with E-state index >= 15 is 0 Å². The minimum atomic E-state index is -0.361. The highest BCUT2D eigenvalue weighted by atomic mass is 16.6. The summed E-state index contributed by atoms with van der Waals surface area (Å²) in [7, 11) is 2.08. The molecule has 1 aromatic carbocycles. The number of hydrogen-bond donors (Lipinski definition) is 0. The number of unbranched alkanes of at least 4 members (excludes halogenated alkanes) is 2. The Balaban J connectivity index is 0.00000137. The van der Waals surface area contributed by atoms with Gasteiger partial charge in [-0.15, -0.1) is 0 Å². The highest BCUT2D eigenvalue weighted by Gasteiger charge is 2.30. The summed E-state index contributed by atoms with van der Waals surface area (Å²) < 4.78 is 12.4. The number of piperazine rings is 1. The number of hydrogen-bond acceptors (Lipinski definition) is 4. The Morgan fingerprint density at radius 3 is 2.43 bits per heavy atom. The molecule has 2 aliphatic heterocycles. The minimum absolute atomic E-state index is 0.267. The van der Waals surface area contributed by atoms with Gasteiger partial charge in [0.1, 0.15) is 17.1 Å². The zero-order chi connectivity index (χ0) is 25.8. The molecular weight excluding hydrogens is 436 g/mol. The minimum Gasteiger partial charge on any atom is -0.483 e. The Hall–Kier alpha value is -2.27. The van der Waals surface area contributed by atoms with E-state index in [2.05, 4.69) is 77.8 Å². The standard InChI is InChI=1S/C27H40N2O3.C3H8/c1-6-7-8-11-22-19-24(31-26(30)29-17-15-28(5)16-18-29)23-12-14-27(4,32-25(23)20-22)13-9-10-21(2)3;1-3-2/h10,12,14,19-20H,6-9,11,13,15-18H2,1-5H3;3H2,1-2H3. The molecule has 0 bridgehead atoms. The van der Waals surface area contributed by atoms with Gasteiger partial charge in [-0.05, 0) is 83.4 Å². The van der Waals surface area contributed by atoms with E-state index in [0.29, 0.717) is 18.8 Å². The lowest BCUT2D eigenvalue weighted by Gasteiger charge is -2.33. The quantitative estimate of drug-likeness (QED) is 0.283. The highest BCUT2D eigenvalue weighted by molar-refractivity contribution is 5.76. The smallest absolute Gasteiger partial charge is 0.415 e. The van der Waals surface area contributed by atoms with Crippen LogP contribution in [0, 0.1) is 0 Å². The molecule has 1 amide bonds. The van der Waals surface area contributed by atoms with E-state index < -0.39 is 0 Å². The van der Waals surface area contributed by atoms with Gasteiger partial charge in [0.05, 0.1) is 5.56 Å². The summed E-state index contributed by atoms with van der Waals surface area (Å²) in [6.07, 6.45) is 13.7. The fraction of sp³-hybridized carbons (Fsp3) is 0.633. The molecule has 1 atom stereocenters. The van der Waals surface area contributed by atoms with E-state index in [1.54, 1.807) is 4.90 Å². The fourth-order valence-electron chi connectivity index (χ4n) is 4.19. The molecule has 0 aliphatic carbocycles. The average molecular weight is 485 g/mol. The third-order valence-electron chi connectivity index (χ3n) is 6.33. The zero-order valence-corrected chi connectivity index (χ0v) is 23.3. The second-order valence-electron chi connectivity index (χ2n) is 10.4. The monoisotopic (exact) mass is 484 g/mol. The molecule has 5 heteroatoms. The molecular formula is C30H48N2O3. The van der Waals surface area contributed by atoms with Gasteiger partial charge < -0.3 is 19.3 Å². The van der Waals surface area contributed by atoms with Gasteiger partial charge in [-0.1, -0.05) is 51.7 Å². The second kappa shape index (κ2) is 14.3. The molecule has 0 aromatic heterocycles. The van der Waals surface area contributed by atoms with Crippen molar-refractivity contribution in [1.82, 2.24) is 9.80 Å². The van der Waals surface area contributed by atoms with Crippen LogP contribution in [-0.4, -0.2) is 54.7 Å². The third-order valence-corrected chi connectivity index (χ3v) is 6.33. The number of aryl methyl sites for hydroxylation is 1. The molecule has 1 fully saturated rings. The molecule has 0 radical (unpaired) electrons. The van der Waals surface area contributed by atoms with Gasteiger partial charge in [0.2, 0.25) is 0 Å². The van der Waals surface area contributed by atoms with Gasteiger partial charge in [0, 0.05) is 26.2 Å². The third kappa shape index (κ3) is 9.36. The molecule has 196 valence electrons. The van der Waals surface area contributed by atoms with Crippen molar-refractivity contribution in [2.24, 2.45) is 0 Å². The van der Waals surface area contributed by atoms with Gasteiger partial charge in [-0.2, -0.15) is 0 Å². The lowest BCUT2D eigenvalue weighted by molar-refractivity contribution is 0.118. The molecule has 1 unspecified atom stereocenters. The van der Waals surface area contributed by atoms with E-state index in [1.807, 2.05) is 6.07 Å². The Morgan fingerprint density at radius 2 is 1.80 bits per heavy atom. The van der Waals surface area contributed by atoms with Crippen molar-refractivity contribution in [3.05, 3.63) is 41.0 Å². The molecule has 2 heterocycles. The second-order valence-corrected chi connectivity index (χ2v) is 10.4. The molecule has 0 spiro atoms. The summed E-state index contributed by atoms with van der Waals surface area (Å²) >= 11 is 0. The van der Waals surface area contributed by atoms with E-state index in [-0.39, 0.29) is 11.7 Å². The number of nitrogens with zero attached hydrogens (tertiary/aromatic N) is 2. The van der Waals surface area contributed by atoms with Crippen LogP contribution in [0.4, 0.5) is 4.79 Å². The normalized spacial score (nSPS) is 19.2. The predicted octanol–water partition coefficient (Wildman–Crippen LogP) is 7.49. The summed E-state index contributed by atoms with van der Waals surface area (Å²) in [5.41, 5.74) is 3.00. The van der Waals surface area contributed by atoms with Crippen LogP contribution in [0.2, 0.25) is 0 Å². The number of carbonyl (C=O) groups excluding carboxylic acids is 1. The Morgan fingerprint density at radius 1 is 1.11 bits per heavy atom. The van der Waals surface area contributed by atoms with Crippen LogP contribution in [0.25, 0.3) is 6.08 Å². The molecule has 35 heavy (non-hydrogen) atoms. The van der Waals surface area contributed by atoms with Crippen LogP contribution in [-0.2, 0) is 6.42 Å². The van der Waals surface area contributed by atoms with Crippen LogP contribution in [0.15, 0.2) is 29.9 Å². The van der Waals surface area contributed by atoms with Crippen molar-refractivity contribution < 1.29 is 14.3 Å². The number of fused-ring (bicyclic) bond motifs is 1. The first-order valence-electron chi connectivity index (χ1n) is 13.5. The topological polar surface area (TPSA) is 42.0 Å².